The maximum absolute atomic E-state index is 11.5. The van der Waals surface area contributed by atoms with E-state index in [2.05, 4.69) is 4.90 Å². The van der Waals surface area contributed by atoms with E-state index in [9.17, 15) is 4.79 Å². The van der Waals surface area contributed by atoms with Crippen LogP contribution in [0.4, 0.5) is 0 Å². The van der Waals surface area contributed by atoms with Crippen LogP contribution in [0, 0.1) is 0 Å². The molecule has 0 amide bonds. The van der Waals surface area contributed by atoms with Gasteiger partial charge in [-0.15, -0.1) is 0 Å². The second kappa shape index (κ2) is 7.29. The van der Waals surface area contributed by atoms with Crippen LogP contribution in [0.1, 0.15) is 23.6 Å². The van der Waals surface area contributed by atoms with Crippen LogP contribution in [-0.2, 0) is 11.4 Å². The van der Waals surface area contributed by atoms with E-state index in [1.165, 1.54) is 0 Å². The summed E-state index contributed by atoms with van der Waals surface area (Å²) in [7, 11) is 1.62. The molecule has 4 heteroatoms. The number of aldehydes is 1. The van der Waals surface area contributed by atoms with Gasteiger partial charge in [-0.3, -0.25) is 4.90 Å². The van der Waals surface area contributed by atoms with Crippen molar-refractivity contribution in [2.24, 2.45) is 0 Å². The second-order valence-corrected chi connectivity index (χ2v) is 5.65. The number of benzene rings is 2. The largest absolute Gasteiger partial charge is 0.496 e. The molecule has 1 aliphatic heterocycles. The van der Waals surface area contributed by atoms with Crippen molar-refractivity contribution >= 4 is 6.29 Å². The molecule has 1 unspecified atom stereocenters. The summed E-state index contributed by atoms with van der Waals surface area (Å²) in [6.45, 7) is 2.42. The summed E-state index contributed by atoms with van der Waals surface area (Å²) < 4.78 is 11.3. The molecule has 0 radical (unpaired) electrons. The molecule has 3 rings (SSSR count). The second-order valence-electron chi connectivity index (χ2n) is 5.65. The number of likely N-dealkylation sites (tertiary alicyclic amines) is 1. The molecule has 120 valence electrons. The Hall–Kier alpha value is -2.33. The summed E-state index contributed by atoms with van der Waals surface area (Å²) in [5.74, 6) is 1.43. The Bertz CT molecular complexity index is 653. The van der Waals surface area contributed by atoms with Crippen molar-refractivity contribution in [2.75, 3.05) is 20.2 Å². The number of methoxy groups -OCH3 is 1. The summed E-state index contributed by atoms with van der Waals surface area (Å²) in [5.41, 5.74) is 2.01. The molecule has 0 saturated carbocycles. The lowest BCUT2D eigenvalue weighted by Crippen LogP contribution is -2.41. The first-order chi connectivity index (χ1) is 11.3. The topological polar surface area (TPSA) is 38.8 Å². The average molecular weight is 311 g/mol. The van der Waals surface area contributed by atoms with Crippen molar-refractivity contribution in [3.63, 3.8) is 0 Å². The molecule has 1 aliphatic rings. The highest BCUT2D eigenvalue weighted by atomic mass is 16.5. The fraction of sp³-hybridized carbons (Fsp3) is 0.316. The van der Waals surface area contributed by atoms with Crippen LogP contribution in [0.5, 0.6) is 11.5 Å². The van der Waals surface area contributed by atoms with Crippen LogP contribution in [0.3, 0.4) is 0 Å². The van der Waals surface area contributed by atoms with Gasteiger partial charge in [-0.1, -0.05) is 30.3 Å². The minimum absolute atomic E-state index is 0.234. The standard InChI is InChI=1S/C19H21NO3/c1-22-19-12-16(23-14-15-6-3-2-4-7-15)8-9-17(19)18(13-21)20-10-5-11-20/h2-4,6-9,12-13,18H,5,10-11,14H2,1H3. The fourth-order valence-corrected chi connectivity index (χ4v) is 2.74. The Morgan fingerprint density at radius 2 is 1.96 bits per heavy atom. The van der Waals surface area contributed by atoms with Crippen molar-refractivity contribution in [3.8, 4) is 11.5 Å². The molecule has 0 N–H and O–H groups in total. The van der Waals surface area contributed by atoms with Gasteiger partial charge in [-0.2, -0.15) is 0 Å². The number of carbonyl (C=O) groups is 1. The number of ether oxygens (including phenoxy) is 2. The molecule has 0 aromatic heterocycles. The third-order valence-electron chi connectivity index (χ3n) is 4.18. The molecular weight excluding hydrogens is 290 g/mol. The summed E-state index contributed by atoms with van der Waals surface area (Å²) >= 11 is 0. The van der Waals surface area contributed by atoms with E-state index in [-0.39, 0.29) is 6.04 Å². The summed E-state index contributed by atoms with van der Waals surface area (Å²) in [5, 5.41) is 0. The molecule has 0 bridgehead atoms. The van der Waals surface area contributed by atoms with Gasteiger partial charge in [-0.25, -0.2) is 0 Å². The molecule has 1 fully saturated rings. The molecule has 1 saturated heterocycles. The maximum Gasteiger partial charge on any atom is 0.141 e. The summed E-state index contributed by atoms with van der Waals surface area (Å²) in [6.07, 6.45) is 2.13. The zero-order valence-electron chi connectivity index (χ0n) is 13.3. The molecule has 2 aromatic carbocycles. The smallest absolute Gasteiger partial charge is 0.141 e. The molecule has 23 heavy (non-hydrogen) atoms. The van der Waals surface area contributed by atoms with E-state index in [1.807, 2.05) is 48.5 Å². The first-order valence-electron chi connectivity index (χ1n) is 7.86. The van der Waals surface area contributed by atoms with Crippen molar-refractivity contribution in [3.05, 3.63) is 59.7 Å². The highest BCUT2D eigenvalue weighted by Crippen LogP contribution is 2.33. The first-order valence-corrected chi connectivity index (χ1v) is 7.86. The Morgan fingerprint density at radius 3 is 2.57 bits per heavy atom. The maximum atomic E-state index is 11.5. The normalized spacial score (nSPS) is 15.5. The van der Waals surface area contributed by atoms with Gasteiger partial charge in [0.25, 0.3) is 0 Å². The fourth-order valence-electron chi connectivity index (χ4n) is 2.74. The molecule has 1 heterocycles. The molecule has 1 atom stereocenters. The van der Waals surface area contributed by atoms with E-state index in [0.29, 0.717) is 12.4 Å². The average Bonchev–Trinajstić information content (AvgIpc) is 2.57. The number of rotatable bonds is 7. The highest BCUT2D eigenvalue weighted by molar-refractivity contribution is 5.64. The molecule has 4 nitrogen and oxygen atoms in total. The Morgan fingerprint density at radius 1 is 1.17 bits per heavy atom. The number of nitrogens with zero attached hydrogens (tertiary/aromatic N) is 1. The van der Waals surface area contributed by atoms with Crippen LogP contribution in [0.2, 0.25) is 0 Å². The zero-order chi connectivity index (χ0) is 16.1. The van der Waals surface area contributed by atoms with Crippen molar-refractivity contribution in [1.29, 1.82) is 0 Å². The monoisotopic (exact) mass is 311 g/mol. The van der Waals surface area contributed by atoms with Crippen molar-refractivity contribution in [1.82, 2.24) is 4.90 Å². The minimum atomic E-state index is -0.234. The highest BCUT2D eigenvalue weighted by Gasteiger charge is 2.27. The van der Waals surface area contributed by atoms with E-state index in [0.717, 1.165) is 42.7 Å². The van der Waals surface area contributed by atoms with Crippen LogP contribution in [0.25, 0.3) is 0 Å². The van der Waals surface area contributed by atoms with Gasteiger partial charge in [0.15, 0.2) is 0 Å². The lowest BCUT2D eigenvalue weighted by Gasteiger charge is -2.36. The van der Waals surface area contributed by atoms with Gasteiger partial charge in [0, 0.05) is 24.7 Å². The molecular formula is C19H21NO3. The predicted molar refractivity (Wildman–Crippen MR) is 88.8 cm³/mol. The number of hydrogen-bond acceptors (Lipinski definition) is 4. The first kappa shape index (κ1) is 15.6. The van der Waals surface area contributed by atoms with Gasteiger partial charge in [0.1, 0.15) is 24.4 Å². The van der Waals surface area contributed by atoms with Crippen LogP contribution in [0.15, 0.2) is 48.5 Å². The van der Waals surface area contributed by atoms with Gasteiger partial charge >= 0.3 is 0 Å². The van der Waals surface area contributed by atoms with Gasteiger partial charge in [0.05, 0.1) is 13.2 Å². The Labute approximate surface area is 136 Å². The number of carbonyl (C=O) groups excluding carboxylic acids is 1. The van der Waals surface area contributed by atoms with Crippen molar-refractivity contribution in [2.45, 2.75) is 19.1 Å². The van der Waals surface area contributed by atoms with Crippen LogP contribution < -0.4 is 9.47 Å². The molecule has 0 spiro atoms. The lowest BCUT2D eigenvalue weighted by atomic mass is 10.0. The SMILES string of the molecule is COc1cc(OCc2ccccc2)ccc1C(C=O)N1CCC1. The molecule has 2 aromatic rings. The lowest BCUT2D eigenvalue weighted by molar-refractivity contribution is -0.114. The van der Waals surface area contributed by atoms with Gasteiger partial charge in [0.2, 0.25) is 0 Å². The quantitative estimate of drug-likeness (QED) is 0.736. The zero-order valence-corrected chi connectivity index (χ0v) is 13.3. The summed E-state index contributed by atoms with van der Waals surface area (Å²) in [4.78, 5) is 13.6. The third kappa shape index (κ3) is 3.54. The van der Waals surface area contributed by atoms with Gasteiger partial charge in [-0.05, 0) is 24.1 Å². The van der Waals surface area contributed by atoms with E-state index in [1.54, 1.807) is 7.11 Å². The van der Waals surface area contributed by atoms with E-state index < -0.39 is 0 Å². The summed E-state index contributed by atoms with van der Waals surface area (Å²) in [6, 6.07) is 15.5. The van der Waals surface area contributed by atoms with Crippen LogP contribution in [-0.4, -0.2) is 31.4 Å². The third-order valence-corrected chi connectivity index (χ3v) is 4.18. The number of hydrogen-bond donors (Lipinski definition) is 0. The van der Waals surface area contributed by atoms with Gasteiger partial charge < -0.3 is 14.3 Å². The predicted octanol–water partition coefficient (Wildman–Crippen LogP) is 3.22. The Kier molecular flexibility index (Phi) is 4.93. The van der Waals surface area contributed by atoms with E-state index in [4.69, 9.17) is 9.47 Å². The van der Waals surface area contributed by atoms with Crippen molar-refractivity contribution < 1.29 is 14.3 Å². The van der Waals surface area contributed by atoms with E-state index >= 15 is 0 Å². The van der Waals surface area contributed by atoms with Crippen LogP contribution >= 0.6 is 0 Å². The minimum Gasteiger partial charge on any atom is -0.496 e. The molecule has 0 aliphatic carbocycles. The Balaban J connectivity index is 1.74.